The maximum absolute atomic E-state index is 12.8. The van der Waals surface area contributed by atoms with Crippen molar-refractivity contribution in [3.8, 4) is 5.75 Å². The van der Waals surface area contributed by atoms with Crippen molar-refractivity contribution in [1.29, 1.82) is 0 Å². The first-order valence-electron chi connectivity index (χ1n) is 5.75. The number of rotatable bonds is 6. The Labute approximate surface area is 109 Å². The second kappa shape index (κ2) is 6.56. The van der Waals surface area contributed by atoms with E-state index >= 15 is 0 Å². The van der Waals surface area contributed by atoms with Crippen LogP contribution in [0.3, 0.4) is 0 Å². The minimum atomic E-state index is -4.56. The first-order valence-corrected chi connectivity index (χ1v) is 5.75. The minimum absolute atomic E-state index is 0.0110. The molecule has 3 nitrogen and oxygen atoms in total. The lowest BCUT2D eigenvalue weighted by Gasteiger charge is -2.15. The van der Waals surface area contributed by atoms with Gasteiger partial charge in [0, 0.05) is 5.56 Å². The highest BCUT2D eigenvalue weighted by atomic mass is 19.4. The van der Waals surface area contributed by atoms with Gasteiger partial charge in [0.2, 0.25) is 0 Å². The fourth-order valence-corrected chi connectivity index (χ4v) is 1.40. The lowest BCUT2D eigenvalue weighted by molar-refractivity contribution is -0.139. The van der Waals surface area contributed by atoms with Crippen LogP contribution in [-0.2, 0) is 10.9 Å². The highest BCUT2D eigenvalue weighted by Gasteiger charge is 2.34. The molecule has 0 bridgehead atoms. The Hall–Kier alpha value is -1.56. The highest BCUT2D eigenvalue weighted by molar-refractivity contribution is 5.75. The molecule has 1 rings (SSSR count). The standard InChI is InChI=1S/C13H15F3O3/c1-9(2)18-5-6-19-12-4-3-10(8-17)7-11(12)13(14,15)16/h3-4,7-9H,5-6H2,1-2H3. The molecule has 1 aromatic rings. The van der Waals surface area contributed by atoms with Crippen molar-refractivity contribution < 1.29 is 27.4 Å². The van der Waals surface area contributed by atoms with E-state index in [9.17, 15) is 18.0 Å². The van der Waals surface area contributed by atoms with Crippen LogP contribution in [0.25, 0.3) is 0 Å². The molecule has 0 spiro atoms. The first kappa shape index (κ1) is 15.5. The van der Waals surface area contributed by atoms with Crippen LogP contribution in [-0.4, -0.2) is 25.6 Å². The Bertz CT molecular complexity index is 428. The third-order valence-corrected chi connectivity index (χ3v) is 2.24. The van der Waals surface area contributed by atoms with Gasteiger partial charge < -0.3 is 9.47 Å². The van der Waals surface area contributed by atoms with Crippen LogP contribution in [0.5, 0.6) is 5.75 Å². The summed E-state index contributed by atoms with van der Waals surface area (Å²) in [5, 5.41) is 0. The van der Waals surface area contributed by atoms with Crippen LogP contribution < -0.4 is 4.74 Å². The van der Waals surface area contributed by atoms with E-state index in [0.717, 1.165) is 12.1 Å². The summed E-state index contributed by atoms with van der Waals surface area (Å²) in [5.74, 6) is -0.301. The molecule has 0 aliphatic carbocycles. The van der Waals surface area contributed by atoms with Gasteiger partial charge in [0.1, 0.15) is 18.6 Å². The van der Waals surface area contributed by atoms with E-state index in [1.54, 1.807) is 0 Å². The lowest BCUT2D eigenvalue weighted by Crippen LogP contribution is -2.14. The number of alkyl halides is 3. The van der Waals surface area contributed by atoms with Crippen LogP contribution in [0, 0.1) is 0 Å². The zero-order chi connectivity index (χ0) is 14.5. The number of hydrogen-bond donors (Lipinski definition) is 0. The first-order chi connectivity index (χ1) is 8.84. The van der Waals surface area contributed by atoms with Crippen molar-refractivity contribution in [2.24, 2.45) is 0 Å². The number of aldehydes is 1. The molecule has 0 N–H and O–H groups in total. The Balaban J connectivity index is 2.79. The summed E-state index contributed by atoms with van der Waals surface area (Å²) in [4.78, 5) is 10.5. The average molecular weight is 276 g/mol. The SMILES string of the molecule is CC(C)OCCOc1ccc(C=O)cc1C(F)(F)F. The van der Waals surface area contributed by atoms with Crippen molar-refractivity contribution in [3.63, 3.8) is 0 Å². The van der Waals surface area contributed by atoms with Crippen molar-refractivity contribution >= 4 is 6.29 Å². The topological polar surface area (TPSA) is 35.5 Å². The molecule has 0 heterocycles. The maximum atomic E-state index is 12.8. The molecule has 0 aromatic heterocycles. The quantitative estimate of drug-likeness (QED) is 0.590. The number of benzene rings is 1. The zero-order valence-electron chi connectivity index (χ0n) is 10.7. The van der Waals surface area contributed by atoms with E-state index in [2.05, 4.69) is 0 Å². The second-order valence-electron chi connectivity index (χ2n) is 4.14. The minimum Gasteiger partial charge on any atom is -0.491 e. The Morgan fingerprint density at radius 3 is 2.47 bits per heavy atom. The monoisotopic (exact) mass is 276 g/mol. The molecule has 0 unspecified atom stereocenters. The van der Waals surface area contributed by atoms with Gasteiger partial charge in [-0.1, -0.05) is 0 Å². The Kier molecular flexibility index (Phi) is 5.35. The fourth-order valence-electron chi connectivity index (χ4n) is 1.40. The van der Waals surface area contributed by atoms with Gasteiger partial charge in [-0.3, -0.25) is 4.79 Å². The van der Waals surface area contributed by atoms with Gasteiger partial charge in [0.15, 0.2) is 0 Å². The van der Waals surface area contributed by atoms with E-state index in [4.69, 9.17) is 9.47 Å². The molecule has 0 amide bonds. The van der Waals surface area contributed by atoms with Gasteiger partial charge in [0.05, 0.1) is 18.3 Å². The van der Waals surface area contributed by atoms with Gasteiger partial charge in [0.25, 0.3) is 0 Å². The van der Waals surface area contributed by atoms with Crippen molar-refractivity contribution in [2.45, 2.75) is 26.1 Å². The largest absolute Gasteiger partial charge is 0.491 e. The molecule has 0 aliphatic heterocycles. The van der Waals surface area contributed by atoms with Crippen LogP contribution in [0.2, 0.25) is 0 Å². The third kappa shape index (κ3) is 4.90. The molecule has 0 atom stereocenters. The van der Waals surface area contributed by atoms with Crippen LogP contribution in [0.1, 0.15) is 29.8 Å². The number of carbonyl (C=O) groups excluding carboxylic acids is 1. The fraction of sp³-hybridized carbons (Fsp3) is 0.462. The van der Waals surface area contributed by atoms with Crippen LogP contribution in [0.4, 0.5) is 13.2 Å². The molecule has 0 fully saturated rings. The predicted molar refractivity (Wildman–Crippen MR) is 63.4 cm³/mol. The van der Waals surface area contributed by atoms with E-state index < -0.39 is 11.7 Å². The number of ether oxygens (including phenoxy) is 2. The summed E-state index contributed by atoms with van der Waals surface area (Å²) in [7, 11) is 0. The van der Waals surface area contributed by atoms with E-state index in [0.29, 0.717) is 6.29 Å². The number of halogens is 3. The van der Waals surface area contributed by atoms with Gasteiger partial charge in [-0.15, -0.1) is 0 Å². The molecule has 106 valence electrons. The van der Waals surface area contributed by atoms with Crippen molar-refractivity contribution in [2.75, 3.05) is 13.2 Å². The normalized spacial score (nSPS) is 11.7. The highest BCUT2D eigenvalue weighted by Crippen LogP contribution is 2.36. The number of carbonyl (C=O) groups is 1. The van der Waals surface area contributed by atoms with Gasteiger partial charge in [-0.25, -0.2) is 0 Å². The molecular weight excluding hydrogens is 261 g/mol. The van der Waals surface area contributed by atoms with Gasteiger partial charge >= 0.3 is 6.18 Å². The second-order valence-corrected chi connectivity index (χ2v) is 4.14. The third-order valence-electron chi connectivity index (χ3n) is 2.24. The van der Waals surface area contributed by atoms with Gasteiger partial charge in [-0.2, -0.15) is 13.2 Å². The van der Waals surface area contributed by atoms with Crippen LogP contribution >= 0.6 is 0 Å². The molecule has 0 saturated heterocycles. The summed E-state index contributed by atoms with van der Waals surface area (Å²) in [6.45, 7) is 3.85. The molecule has 19 heavy (non-hydrogen) atoms. The Morgan fingerprint density at radius 2 is 1.95 bits per heavy atom. The zero-order valence-corrected chi connectivity index (χ0v) is 10.7. The summed E-state index contributed by atoms with van der Waals surface area (Å²) < 4.78 is 48.5. The van der Waals surface area contributed by atoms with Crippen molar-refractivity contribution in [3.05, 3.63) is 29.3 Å². The molecule has 0 aliphatic rings. The predicted octanol–water partition coefficient (Wildman–Crippen LogP) is 3.32. The van der Waals surface area contributed by atoms with E-state index in [1.165, 1.54) is 6.07 Å². The van der Waals surface area contributed by atoms with Gasteiger partial charge in [-0.05, 0) is 32.0 Å². The van der Waals surface area contributed by atoms with Crippen LogP contribution in [0.15, 0.2) is 18.2 Å². The van der Waals surface area contributed by atoms with Crippen molar-refractivity contribution in [1.82, 2.24) is 0 Å². The van der Waals surface area contributed by atoms with E-state index in [1.807, 2.05) is 13.8 Å². The molecular formula is C13H15F3O3. The summed E-state index contributed by atoms with van der Waals surface area (Å²) >= 11 is 0. The maximum Gasteiger partial charge on any atom is 0.419 e. The summed E-state index contributed by atoms with van der Waals surface area (Å²) in [6, 6.07) is 3.19. The Morgan fingerprint density at radius 1 is 1.26 bits per heavy atom. The number of hydrogen-bond acceptors (Lipinski definition) is 3. The summed E-state index contributed by atoms with van der Waals surface area (Å²) in [6.07, 6.45) is -4.21. The molecule has 0 radical (unpaired) electrons. The molecule has 6 heteroatoms. The smallest absolute Gasteiger partial charge is 0.419 e. The lowest BCUT2D eigenvalue weighted by atomic mass is 10.1. The average Bonchev–Trinajstić information content (AvgIpc) is 2.33. The van der Waals surface area contributed by atoms with E-state index in [-0.39, 0.29) is 30.6 Å². The summed E-state index contributed by atoms with van der Waals surface area (Å²) in [5.41, 5.74) is -1.00. The molecule has 0 saturated carbocycles. The molecule has 1 aromatic carbocycles.